The topological polar surface area (TPSA) is 41.6 Å². The molecule has 1 saturated heterocycles. The lowest BCUT2D eigenvalue weighted by atomic mass is 10.1. The molecule has 1 aromatic rings. The van der Waals surface area contributed by atoms with Crippen LogP contribution < -0.4 is 5.43 Å². The van der Waals surface area contributed by atoms with Gasteiger partial charge in [-0.05, 0) is 12.1 Å². The van der Waals surface area contributed by atoms with Crippen molar-refractivity contribution in [3.63, 3.8) is 0 Å². The number of rotatable bonds is 4. The molecule has 8 heteroatoms. The number of carbonyl (C=O) groups is 1. The van der Waals surface area contributed by atoms with Crippen LogP contribution in [0.2, 0.25) is 0 Å². The number of ether oxygens (including phenoxy) is 1. The molecule has 0 aromatic heterocycles. The fourth-order valence-electron chi connectivity index (χ4n) is 1.91. The molecule has 1 amide bonds. The molecule has 1 fully saturated rings. The maximum absolute atomic E-state index is 13.7. The van der Waals surface area contributed by atoms with E-state index in [4.69, 9.17) is 4.74 Å². The second-order valence-electron chi connectivity index (χ2n) is 4.72. The minimum absolute atomic E-state index is 0.0505. The molecule has 4 nitrogen and oxygen atoms in total. The van der Waals surface area contributed by atoms with E-state index in [2.05, 4.69) is 5.43 Å². The minimum Gasteiger partial charge on any atom is -0.377 e. The molecule has 1 heterocycles. The van der Waals surface area contributed by atoms with Crippen molar-refractivity contribution in [2.75, 3.05) is 13.2 Å². The van der Waals surface area contributed by atoms with Crippen molar-refractivity contribution in [2.45, 2.75) is 25.7 Å². The van der Waals surface area contributed by atoms with Gasteiger partial charge >= 0.3 is 6.18 Å². The smallest absolute Gasteiger partial charge is 0.377 e. The van der Waals surface area contributed by atoms with E-state index in [9.17, 15) is 22.4 Å². The normalized spacial score (nSPS) is 15.7. The third-order valence-electron chi connectivity index (χ3n) is 3.15. The summed E-state index contributed by atoms with van der Waals surface area (Å²) in [6.45, 7) is 2.01. The Bertz CT molecular complexity index is 529. The van der Waals surface area contributed by atoms with Crippen molar-refractivity contribution in [3.05, 3.63) is 35.1 Å². The highest BCUT2D eigenvalue weighted by Gasteiger charge is 2.31. The summed E-state index contributed by atoms with van der Waals surface area (Å²) in [4.78, 5) is 11.4. The van der Waals surface area contributed by atoms with Gasteiger partial charge in [0.2, 0.25) is 5.91 Å². The maximum atomic E-state index is 13.7. The average Bonchev–Trinajstić information content (AvgIpc) is 2.31. The molecular formula is C13H14F4N2O2. The van der Waals surface area contributed by atoms with Crippen LogP contribution in [0.3, 0.4) is 0 Å². The molecule has 1 N–H and O–H groups in total. The zero-order valence-electron chi connectivity index (χ0n) is 11.2. The van der Waals surface area contributed by atoms with Gasteiger partial charge in [-0.15, -0.1) is 0 Å². The van der Waals surface area contributed by atoms with Gasteiger partial charge in [-0.25, -0.2) is 9.82 Å². The van der Waals surface area contributed by atoms with E-state index in [1.165, 1.54) is 11.9 Å². The SMILES string of the molecule is CC(=O)N(NCc1ccc(C(F)(F)F)cc1F)C1COC1. The molecule has 0 radical (unpaired) electrons. The Balaban J connectivity index is 2.04. The number of hydrogen-bond donors (Lipinski definition) is 1. The zero-order valence-corrected chi connectivity index (χ0v) is 11.2. The first kappa shape index (κ1) is 15.7. The lowest BCUT2D eigenvalue weighted by Gasteiger charge is -2.36. The first-order valence-corrected chi connectivity index (χ1v) is 6.25. The fraction of sp³-hybridized carbons (Fsp3) is 0.462. The summed E-state index contributed by atoms with van der Waals surface area (Å²) in [7, 11) is 0. The van der Waals surface area contributed by atoms with Crippen LogP contribution in [-0.4, -0.2) is 30.2 Å². The molecule has 1 aliphatic rings. The Morgan fingerprint density at radius 2 is 2.10 bits per heavy atom. The Hall–Kier alpha value is -1.67. The molecule has 0 unspecified atom stereocenters. The number of amides is 1. The minimum atomic E-state index is -4.58. The predicted octanol–water partition coefficient (Wildman–Crippen LogP) is 2.10. The van der Waals surface area contributed by atoms with Crippen molar-refractivity contribution < 1.29 is 27.1 Å². The van der Waals surface area contributed by atoms with Crippen LogP contribution in [0.4, 0.5) is 17.6 Å². The molecule has 0 aliphatic carbocycles. The molecule has 0 spiro atoms. The van der Waals surface area contributed by atoms with Crippen LogP contribution in [0.25, 0.3) is 0 Å². The Kier molecular flexibility index (Phi) is 4.48. The van der Waals surface area contributed by atoms with Gasteiger partial charge in [-0.3, -0.25) is 9.80 Å². The summed E-state index contributed by atoms with van der Waals surface area (Å²) in [6, 6.07) is 2.17. The summed E-state index contributed by atoms with van der Waals surface area (Å²) >= 11 is 0. The van der Waals surface area contributed by atoms with Crippen molar-refractivity contribution in [1.82, 2.24) is 10.4 Å². The molecule has 0 saturated carbocycles. The summed E-state index contributed by atoms with van der Waals surface area (Å²) in [5.74, 6) is -1.23. The van der Waals surface area contributed by atoms with Crippen molar-refractivity contribution in [2.24, 2.45) is 0 Å². The van der Waals surface area contributed by atoms with Crippen LogP contribution in [0.1, 0.15) is 18.1 Å². The second-order valence-corrected chi connectivity index (χ2v) is 4.72. The van der Waals surface area contributed by atoms with Gasteiger partial charge in [0.05, 0.1) is 24.8 Å². The number of nitrogens with zero attached hydrogens (tertiary/aromatic N) is 1. The standard InChI is InChI=1S/C13H14F4N2O2/c1-8(20)19(11-6-21-7-11)18-5-9-2-3-10(4-12(9)14)13(15,16)17/h2-4,11,18H,5-7H2,1H3. The highest BCUT2D eigenvalue weighted by Crippen LogP contribution is 2.30. The highest BCUT2D eigenvalue weighted by atomic mass is 19.4. The van der Waals surface area contributed by atoms with E-state index in [0.717, 1.165) is 12.1 Å². The van der Waals surface area contributed by atoms with Gasteiger partial charge in [0.1, 0.15) is 5.82 Å². The number of hydrogen-bond acceptors (Lipinski definition) is 3. The summed E-state index contributed by atoms with van der Waals surface area (Å²) in [5.41, 5.74) is 1.73. The molecule has 2 rings (SSSR count). The van der Waals surface area contributed by atoms with E-state index in [1.807, 2.05) is 0 Å². The van der Waals surface area contributed by atoms with Gasteiger partial charge in [0, 0.05) is 19.0 Å². The van der Waals surface area contributed by atoms with E-state index in [0.29, 0.717) is 19.3 Å². The number of halogens is 4. The van der Waals surface area contributed by atoms with E-state index < -0.39 is 17.6 Å². The van der Waals surface area contributed by atoms with E-state index >= 15 is 0 Å². The molecule has 1 aromatic carbocycles. The lowest BCUT2D eigenvalue weighted by Crippen LogP contribution is -2.56. The monoisotopic (exact) mass is 306 g/mol. The third-order valence-corrected chi connectivity index (χ3v) is 3.15. The summed E-state index contributed by atoms with van der Waals surface area (Å²) in [5, 5.41) is 1.31. The van der Waals surface area contributed by atoms with Gasteiger partial charge in [-0.2, -0.15) is 13.2 Å². The van der Waals surface area contributed by atoms with Crippen LogP contribution in [0.5, 0.6) is 0 Å². The number of nitrogens with one attached hydrogen (secondary N) is 1. The van der Waals surface area contributed by atoms with E-state index in [1.54, 1.807) is 0 Å². The molecule has 21 heavy (non-hydrogen) atoms. The Morgan fingerprint density at radius 3 is 2.52 bits per heavy atom. The van der Waals surface area contributed by atoms with Crippen LogP contribution in [0.15, 0.2) is 18.2 Å². The molecule has 116 valence electrons. The molecular weight excluding hydrogens is 292 g/mol. The van der Waals surface area contributed by atoms with Gasteiger partial charge < -0.3 is 4.74 Å². The highest BCUT2D eigenvalue weighted by molar-refractivity contribution is 5.73. The van der Waals surface area contributed by atoms with E-state index in [-0.39, 0.29) is 24.1 Å². The number of carbonyl (C=O) groups excluding carboxylic acids is 1. The zero-order chi connectivity index (χ0) is 15.6. The quantitative estimate of drug-likeness (QED) is 0.684. The average molecular weight is 306 g/mol. The van der Waals surface area contributed by atoms with Gasteiger partial charge in [0.25, 0.3) is 0 Å². The van der Waals surface area contributed by atoms with Crippen molar-refractivity contribution in [3.8, 4) is 0 Å². The van der Waals surface area contributed by atoms with Crippen molar-refractivity contribution >= 4 is 5.91 Å². The summed E-state index contributed by atoms with van der Waals surface area (Å²) < 4.78 is 55.9. The molecule has 1 aliphatic heterocycles. The van der Waals surface area contributed by atoms with Crippen molar-refractivity contribution in [1.29, 1.82) is 0 Å². The first-order valence-electron chi connectivity index (χ1n) is 6.25. The third kappa shape index (κ3) is 3.70. The van der Waals surface area contributed by atoms with Crippen LogP contribution >= 0.6 is 0 Å². The number of hydrazine groups is 1. The maximum Gasteiger partial charge on any atom is 0.416 e. The first-order chi connectivity index (χ1) is 9.79. The number of benzene rings is 1. The lowest BCUT2D eigenvalue weighted by molar-refractivity contribution is -0.149. The Morgan fingerprint density at radius 1 is 1.43 bits per heavy atom. The number of alkyl halides is 3. The van der Waals surface area contributed by atoms with Gasteiger partial charge in [0.15, 0.2) is 0 Å². The molecule has 0 atom stereocenters. The Labute approximate surface area is 118 Å². The largest absolute Gasteiger partial charge is 0.416 e. The summed E-state index contributed by atoms with van der Waals surface area (Å²) in [6.07, 6.45) is -4.58. The molecule has 0 bridgehead atoms. The fourth-order valence-corrected chi connectivity index (χ4v) is 1.91. The van der Waals surface area contributed by atoms with Gasteiger partial charge in [-0.1, -0.05) is 6.07 Å². The second kappa shape index (κ2) is 5.98. The van der Waals surface area contributed by atoms with Crippen LogP contribution in [0, 0.1) is 5.82 Å². The van der Waals surface area contributed by atoms with Crippen LogP contribution in [-0.2, 0) is 22.3 Å². The predicted molar refractivity (Wildman–Crippen MR) is 65.4 cm³/mol.